The van der Waals surface area contributed by atoms with Crippen molar-refractivity contribution in [3.8, 4) is 11.5 Å². The summed E-state index contributed by atoms with van der Waals surface area (Å²) >= 11 is 0. The Morgan fingerprint density at radius 2 is 1.79 bits per heavy atom. The van der Waals surface area contributed by atoms with Crippen molar-refractivity contribution < 1.29 is 35.9 Å². The Morgan fingerprint density at radius 1 is 1.11 bits per heavy atom. The molecule has 0 saturated heterocycles. The van der Waals surface area contributed by atoms with Crippen LogP contribution in [0.15, 0.2) is 53.4 Å². The van der Waals surface area contributed by atoms with Crippen molar-refractivity contribution in [3.05, 3.63) is 48.5 Å². The number of methoxy groups -OCH3 is 1. The molecule has 0 fully saturated rings. The van der Waals surface area contributed by atoms with Crippen LogP contribution in [0, 0.1) is 0 Å². The normalized spacial score (nSPS) is 11.7. The van der Waals surface area contributed by atoms with E-state index in [2.05, 4.69) is 5.32 Å². The Labute approximate surface area is 160 Å². The van der Waals surface area contributed by atoms with Gasteiger partial charge in [0.05, 0.1) is 24.3 Å². The molecule has 2 rings (SSSR count). The van der Waals surface area contributed by atoms with Crippen LogP contribution in [0.3, 0.4) is 0 Å². The van der Waals surface area contributed by atoms with Gasteiger partial charge in [-0.2, -0.15) is 13.2 Å². The van der Waals surface area contributed by atoms with Gasteiger partial charge in [0.2, 0.25) is 5.91 Å². The number of ether oxygens (including phenoxy) is 2. The molecular weight excluding hydrogens is 399 g/mol. The molecule has 6 nitrogen and oxygen atoms in total. The molecule has 28 heavy (non-hydrogen) atoms. The van der Waals surface area contributed by atoms with E-state index in [1.165, 1.54) is 7.11 Å². The third-order valence-electron chi connectivity index (χ3n) is 3.62. The summed E-state index contributed by atoms with van der Waals surface area (Å²) in [7, 11) is -4.29. The first-order valence-electron chi connectivity index (χ1n) is 8.12. The van der Waals surface area contributed by atoms with Crippen LogP contribution in [0.5, 0.6) is 11.5 Å². The molecule has 1 N–H and O–H groups in total. The molecule has 0 radical (unpaired) electrons. The monoisotopic (exact) mass is 417 g/mol. The first kappa shape index (κ1) is 21.5. The molecule has 10 heteroatoms. The van der Waals surface area contributed by atoms with Crippen molar-refractivity contribution in [2.45, 2.75) is 23.2 Å². The minimum atomic E-state index is -5.54. The SMILES string of the molecule is COc1ccc(S(=O)(=O)C(F)(F)F)cc1NC(=O)CCCOc1ccccc1. The van der Waals surface area contributed by atoms with Crippen LogP contribution in [-0.4, -0.2) is 33.5 Å². The fourth-order valence-corrected chi connectivity index (χ4v) is 3.03. The van der Waals surface area contributed by atoms with Gasteiger partial charge in [-0.15, -0.1) is 0 Å². The third kappa shape index (κ3) is 5.38. The van der Waals surface area contributed by atoms with Gasteiger partial charge in [-0.05, 0) is 36.8 Å². The Balaban J connectivity index is 2.01. The number of halogens is 3. The summed E-state index contributed by atoms with van der Waals surface area (Å²) in [6.45, 7) is 0.261. The smallest absolute Gasteiger partial charge is 0.495 e. The Morgan fingerprint density at radius 3 is 2.39 bits per heavy atom. The summed E-state index contributed by atoms with van der Waals surface area (Å²) in [6, 6.07) is 11.5. The summed E-state index contributed by atoms with van der Waals surface area (Å²) in [5.74, 6) is 0.168. The molecular formula is C18H18F3NO5S. The van der Waals surface area contributed by atoms with Gasteiger partial charge < -0.3 is 14.8 Å². The molecule has 152 valence electrons. The number of sulfone groups is 1. The summed E-state index contributed by atoms with van der Waals surface area (Å²) in [5.41, 5.74) is -5.61. The quantitative estimate of drug-likeness (QED) is 0.661. The molecule has 0 atom stereocenters. The van der Waals surface area contributed by atoms with Crippen LogP contribution in [0.4, 0.5) is 18.9 Å². The van der Waals surface area contributed by atoms with Crippen molar-refractivity contribution in [2.75, 3.05) is 19.0 Å². The lowest BCUT2D eigenvalue weighted by Crippen LogP contribution is -2.23. The van der Waals surface area contributed by atoms with Crippen LogP contribution in [0.25, 0.3) is 0 Å². The topological polar surface area (TPSA) is 81.7 Å². The fourth-order valence-electron chi connectivity index (χ4n) is 2.24. The number of para-hydroxylation sites is 1. The summed E-state index contributed by atoms with van der Waals surface area (Å²) in [4.78, 5) is 11.1. The van der Waals surface area contributed by atoms with Crippen molar-refractivity contribution >= 4 is 21.4 Å². The predicted molar refractivity (Wildman–Crippen MR) is 96.0 cm³/mol. The van der Waals surface area contributed by atoms with Gasteiger partial charge in [-0.25, -0.2) is 8.42 Å². The largest absolute Gasteiger partial charge is 0.501 e. The molecule has 0 heterocycles. The Hall–Kier alpha value is -2.75. The molecule has 2 aromatic rings. The highest BCUT2D eigenvalue weighted by Crippen LogP contribution is 2.34. The standard InChI is InChI=1S/C18H18F3NO5S/c1-26-16-10-9-14(28(24,25)18(19,20)21)12-15(16)22-17(23)8-5-11-27-13-6-3-2-4-7-13/h2-4,6-7,9-10,12H,5,8,11H2,1H3,(H,22,23). The van der Waals surface area contributed by atoms with Crippen LogP contribution in [-0.2, 0) is 14.6 Å². The van der Waals surface area contributed by atoms with E-state index in [0.717, 1.165) is 18.2 Å². The number of carbonyl (C=O) groups excluding carboxylic acids is 1. The van der Waals surface area contributed by atoms with Gasteiger partial charge in [0.15, 0.2) is 0 Å². The molecule has 0 aliphatic rings. The van der Waals surface area contributed by atoms with Crippen LogP contribution in [0.1, 0.15) is 12.8 Å². The molecule has 0 spiro atoms. The van der Waals surface area contributed by atoms with Crippen LogP contribution < -0.4 is 14.8 Å². The van der Waals surface area contributed by atoms with Crippen molar-refractivity contribution in [2.24, 2.45) is 0 Å². The summed E-state index contributed by atoms with van der Waals surface area (Å²) < 4.78 is 71.7. The minimum absolute atomic E-state index is 0.0201. The number of alkyl halides is 3. The number of carbonyl (C=O) groups is 1. The second-order valence-electron chi connectivity index (χ2n) is 5.62. The Kier molecular flexibility index (Phi) is 6.90. The van der Waals surface area contributed by atoms with E-state index in [4.69, 9.17) is 9.47 Å². The lowest BCUT2D eigenvalue weighted by atomic mass is 10.2. The highest BCUT2D eigenvalue weighted by molar-refractivity contribution is 7.92. The molecule has 0 aliphatic heterocycles. The van der Waals surface area contributed by atoms with E-state index in [9.17, 15) is 26.4 Å². The maximum Gasteiger partial charge on any atom is 0.501 e. The first-order valence-corrected chi connectivity index (χ1v) is 9.60. The highest BCUT2D eigenvalue weighted by atomic mass is 32.2. The summed E-state index contributed by atoms with van der Waals surface area (Å²) in [5, 5.41) is 2.37. The van der Waals surface area contributed by atoms with Crippen LogP contribution >= 0.6 is 0 Å². The lowest BCUT2D eigenvalue weighted by molar-refractivity contribution is -0.116. The van der Waals surface area contributed by atoms with Crippen molar-refractivity contribution in [1.29, 1.82) is 0 Å². The maximum atomic E-state index is 12.7. The molecule has 1 amide bonds. The zero-order valence-corrected chi connectivity index (χ0v) is 15.6. The van der Waals surface area contributed by atoms with E-state index >= 15 is 0 Å². The fraction of sp³-hybridized carbons (Fsp3) is 0.278. The zero-order valence-electron chi connectivity index (χ0n) is 14.8. The van der Waals surface area contributed by atoms with E-state index in [1.807, 2.05) is 6.07 Å². The Bertz CT molecular complexity index is 915. The van der Waals surface area contributed by atoms with Gasteiger partial charge in [-0.3, -0.25) is 4.79 Å². The van der Waals surface area contributed by atoms with E-state index in [1.54, 1.807) is 24.3 Å². The predicted octanol–water partition coefficient (Wildman–Crippen LogP) is 3.79. The number of hydrogen-bond acceptors (Lipinski definition) is 5. The molecule has 0 bridgehead atoms. The maximum absolute atomic E-state index is 12.7. The second kappa shape index (κ2) is 8.96. The average Bonchev–Trinajstić information content (AvgIpc) is 2.65. The van der Waals surface area contributed by atoms with Gasteiger partial charge in [0, 0.05) is 6.42 Å². The number of amides is 1. The molecule has 0 unspecified atom stereocenters. The molecule has 2 aromatic carbocycles. The van der Waals surface area contributed by atoms with Gasteiger partial charge in [0.1, 0.15) is 11.5 Å². The average molecular weight is 417 g/mol. The van der Waals surface area contributed by atoms with Crippen molar-refractivity contribution in [3.63, 3.8) is 0 Å². The van der Waals surface area contributed by atoms with E-state index < -0.39 is 26.1 Å². The first-order chi connectivity index (χ1) is 13.1. The zero-order chi connectivity index (χ0) is 20.8. The van der Waals surface area contributed by atoms with Crippen molar-refractivity contribution in [1.82, 2.24) is 0 Å². The van der Waals surface area contributed by atoms with Gasteiger partial charge in [-0.1, -0.05) is 18.2 Å². The van der Waals surface area contributed by atoms with E-state index in [-0.39, 0.29) is 24.5 Å². The molecule has 0 saturated carbocycles. The number of hydrogen-bond donors (Lipinski definition) is 1. The second-order valence-corrected chi connectivity index (χ2v) is 7.57. The number of benzene rings is 2. The summed E-state index contributed by atoms with van der Waals surface area (Å²) in [6.07, 6.45) is 0.371. The highest BCUT2D eigenvalue weighted by Gasteiger charge is 2.47. The van der Waals surface area contributed by atoms with Crippen LogP contribution in [0.2, 0.25) is 0 Å². The molecule has 0 aliphatic carbocycles. The van der Waals surface area contributed by atoms with E-state index in [0.29, 0.717) is 12.2 Å². The number of rotatable bonds is 8. The van der Waals surface area contributed by atoms with Gasteiger partial charge in [0.25, 0.3) is 9.84 Å². The third-order valence-corrected chi connectivity index (χ3v) is 5.10. The number of nitrogens with one attached hydrogen (secondary N) is 1. The number of anilines is 1. The lowest BCUT2D eigenvalue weighted by Gasteiger charge is -2.13. The van der Waals surface area contributed by atoms with Gasteiger partial charge >= 0.3 is 5.51 Å². The minimum Gasteiger partial charge on any atom is -0.495 e. The molecule has 0 aromatic heterocycles.